The van der Waals surface area contributed by atoms with Crippen LogP contribution in [0, 0.1) is 17.8 Å². The van der Waals surface area contributed by atoms with Crippen molar-refractivity contribution < 1.29 is 14.7 Å². The van der Waals surface area contributed by atoms with Gasteiger partial charge in [-0.1, -0.05) is 47.5 Å². The van der Waals surface area contributed by atoms with Gasteiger partial charge in [-0.3, -0.25) is 4.79 Å². The van der Waals surface area contributed by atoms with Gasteiger partial charge in [-0.25, -0.2) is 4.79 Å². The Balaban J connectivity index is 4.56. The fraction of sp³-hybridized carbons (Fsp3) is 0.846. The second-order valence-electron chi connectivity index (χ2n) is 4.88. The predicted molar refractivity (Wildman–Crippen MR) is 67.6 cm³/mol. The van der Waals surface area contributed by atoms with Crippen molar-refractivity contribution in [2.75, 3.05) is 0 Å². The second-order valence-corrected chi connectivity index (χ2v) is 4.88. The van der Waals surface area contributed by atoms with Gasteiger partial charge in [0.15, 0.2) is 0 Å². The first-order valence-corrected chi connectivity index (χ1v) is 6.38. The molecule has 0 aliphatic heterocycles. The molecular formula is C13H25NO3. The quantitative estimate of drug-likeness (QED) is 0.721. The van der Waals surface area contributed by atoms with E-state index in [1.54, 1.807) is 0 Å². The van der Waals surface area contributed by atoms with Gasteiger partial charge in [-0.2, -0.15) is 0 Å². The number of carboxylic acids is 1. The van der Waals surface area contributed by atoms with E-state index in [1.165, 1.54) is 0 Å². The third-order valence-electron chi connectivity index (χ3n) is 3.69. The van der Waals surface area contributed by atoms with Crippen LogP contribution in [0.25, 0.3) is 0 Å². The van der Waals surface area contributed by atoms with Gasteiger partial charge < -0.3 is 10.4 Å². The number of carboxylic acid groups (broad SMARTS) is 1. The standard InChI is InChI=1S/C13H25NO3/c1-6-8(3)10(5)12(15)14-11(13(16)17)9(4)7-2/h8-11H,6-7H2,1-5H3,(H,14,15)(H,16,17)/t8?,9-,10?,11-/m0/s1. The summed E-state index contributed by atoms with van der Waals surface area (Å²) >= 11 is 0. The molecule has 0 bridgehead atoms. The summed E-state index contributed by atoms with van der Waals surface area (Å²) in [6.45, 7) is 9.64. The Morgan fingerprint density at radius 2 is 1.53 bits per heavy atom. The fourth-order valence-electron chi connectivity index (χ4n) is 1.58. The summed E-state index contributed by atoms with van der Waals surface area (Å²) in [6, 6.07) is -0.779. The van der Waals surface area contributed by atoms with E-state index in [1.807, 2.05) is 34.6 Å². The minimum atomic E-state index is -0.955. The van der Waals surface area contributed by atoms with Gasteiger partial charge in [-0.05, 0) is 11.8 Å². The van der Waals surface area contributed by atoms with Crippen LogP contribution in [0.4, 0.5) is 0 Å². The number of hydrogen-bond acceptors (Lipinski definition) is 2. The Bertz CT molecular complexity index is 265. The zero-order valence-electron chi connectivity index (χ0n) is 11.5. The van der Waals surface area contributed by atoms with E-state index < -0.39 is 12.0 Å². The molecular weight excluding hydrogens is 218 g/mol. The van der Waals surface area contributed by atoms with Crippen LogP contribution in [0.3, 0.4) is 0 Å². The highest BCUT2D eigenvalue weighted by Gasteiger charge is 2.28. The SMILES string of the molecule is CCC(C)C(C)C(=O)N[C@H](C(=O)O)[C@@H](C)CC. The Morgan fingerprint density at radius 1 is 1.06 bits per heavy atom. The first-order valence-electron chi connectivity index (χ1n) is 6.38. The van der Waals surface area contributed by atoms with Crippen molar-refractivity contribution >= 4 is 11.9 Å². The molecule has 4 nitrogen and oxygen atoms in total. The van der Waals surface area contributed by atoms with Crippen molar-refractivity contribution in [3.8, 4) is 0 Å². The number of carbonyl (C=O) groups excluding carboxylic acids is 1. The molecule has 0 aromatic rings. The first-order chi connectivity index (χ1) is 7.84. The van der Waals surface area contributed by atoms with E-state index in [0.29, 0.717) is 0 Å². The van der Waals surface area contributed by atoms with Gasteiger partial charge in [0.05, 0.1) is 0 Å². The average Bonchev–Trinajstić information content (AvgIpc) is 2.32. The highest BCUT2D eigenvalue weighted by atomic mass is 16.4. The maximum atomic E-state index is 11.9. The summed E-state index contributed by atoms with van der Waals surface area (Å²) in [5, 5.41) is 11.7. The first kappa shape index (κ1) is 15.9. The maximum Gasteiger partial charge on any atom is 0.326 e. The van der Waals surface area contributed by atoms with E-state index in [4.69, 9.17) is 5.11 Å². The second kappa shape index (κ2) is 7.30. The Labute approximate surface area is 104 Å². The molecule has 0 aliphatic rings. The van der Waals surface area contributed by atoms with Crippen LogP contribution < -0.4 is 5.32 Å². The van der Waals surface area contributed by atoms with E-state index in [9.17, 15) is 9.59 Å². The molecule has 1 amide bonds. The summed E-state index contributed by atoms with van der Waals surface area (Å²) in [4.78, 5) is 23.0. The van der Waals surface area contributed by atoms with E-state index >= 15 is 0 Å². The molecule has 0 saturated heterocycles. The topological polar surface area (TPSA) is 66.4 Å². The van der Waals surface area contributed by atoms with Gasteiger partial charge in [0.25, 0.3) is 0 Å². The van der Waals surface area contributed by atoms with Crippen LogP contribution in [-0.4, -0.2) is 23.0 Å². The van der Waals surface area contributed by atoms with Gasteiger partial charge in [0.1, 0.15) is 6.04 Å². The number of amides is 1. The van der Waals surface area contributed by atoms with Crippen molar-refractivity contribution in [2.24, 2.45) is 17.8 Å². The lowest BCUT2D eigenvalue weighted by Gasteiger charge is -2.24. The zero-order chi connectivity index (χ0) is 13.6. The third-order valence-corrected chi connectivity index (χ3v) is 3.69. The molecule has 0 radical (unpaired) electrons. The number of carbonyl (C=O) groups is 2. The van der Waals surface area contributed by atoms with Crippen LogP contribution in [0.1, 0.15) is 47.5 Å². The van der Waals surface area contributed by atoms with Gasteiger partial charge in [0.2, 0.25) is 5.91 Å². The Morgan fingerprint density at radius 3 is 1.88 bits per heavy atom. The van der Waals surface area contributed by atoms with Gasteiger partial charge in [-0.15, -0.1) is 0 Å². The van der Waals surface area contributed by atoms with Crippen molar-refractivity contribution in [3.63, 3.8) is 0 Å². The monoisotopic (exact) mass is 243 g/mol. The van der Waals surface area contributed by atoms with Crippen LogP contribution in [0.15, 0.2) is 0 Å². The van der Waals surface area contributed by atoms with Crippen molar-refractivity contribution in [2.45, 2.75) is 53.5 Å². The lowest BCUT2D eigenvalue weighted by molar-refractivity contribution is -0.144. The largest absolute Gasteiger partial charge is 0.480 e. The Kier molecular flexibility index (Phi) is 6.85. The summed E-state index contributed by atoms with van der Waals surface area (Å²) < 4.78 is 0. The molecule has 2 N–H and O–H groups in total. The number of aliphatic carboxylic acids is 1. The minimum Gasteiger partial charge on any atom is -0.480 e. The van der Waals surface area contributed by atoms with Crippen LogP contribution in [0.2, 0.25) is 0 Å². The van der Waals surface area contributed by atoms with E-state index in [0.717, 1.165) is 12.8 Å². The Hall–Kier alpha value is -1.06. The van der Waals surface area contributed by atoms with Crippen molar-refractivity contribution in [3.05, 3.63) is 0 Å². The molecule has 0 fully saturated rings. The lowest BCUT2D eigenvalue weighted by atomic mass is 9.91. The number of rotatable bonds is 7. The normalized spacial score (nSPS) is 17.9. The number of nitrogens with one attached hydrogen (secondary N) is 1. The van der Waals surface area contributed by atoms with Crippen LogP contribution >= 0.6 is 0 Å². The summed E-state index contributed by atoms with van der Waals surface area (Å²) in [5.41, 5.74) is 0. The molecule has 0 heterocycles. The van der Waals surface area contributed by atoms with Crippen LogP contribution in [-0.2, 0) is 9.59 Å². The predicted octanol–water partition coefficient (Wildman–Crippen LogP) is 2.28. The van der Waals surface area contributed by atoms with E-state index in [-0.39, 0.29) is 23.7 Å². The number of hydrogen-bond donors (Lipinski definition) is 2. The molecule has 0 saturated carbocycles. The molecule has 0 spiro atoms. The van der Waals surface area contributed by atoms with Crippen molar-refractivity contribution in [1.82, 2.24) is 5.32 Å². The minimum absolute atomic E-state index is 0.0550. The van der Waals surface area contributed by atoms with Crippen molar-refractivity contribution in [1.29, 1.82) is 0 Å². The molecule has 0 aromatic carbocycles. The molecule has 2 unspecified atom stereocenters. The van der Waals surface area contributed by atoms with Crippen LogP contribution in [0.5, 0.6) is 0 Å². The smallest absolute Gasteiger partial charge is 0.326 e. The molecule has 0 aliphatic carbocycles. The van der Waals surface area contributed by atoms with Gasteiger partial charge >= 0.3 is 5.97 Å². The summed E-state index contributed by atoms with van der Waals surface area (Å²) in [5.74, 6) is -1.05. The summed E-state index contributed by atoms with van der Waals surface area (Å²) in [6.07, 6.45) is 1.64. The average molecular weight is 243 g/mol. The molecule has 100 valence electrons. The fourth-order valence-corrected chi connectivity index (χ4v) is 1.58. The maximum absolute atomic E-state index is 11.9. The van der Waals surface area contributed by atoms with E-state index in [2.05, 4.69) is 5.32 Å². The molecule has 4 atom stereocenters. The molecule has 4 heteroatoms. The highest BCUT2D eigenvalue weighted by Crippen LogP contribution is 2.16. The highest BCUT2D eigenvalue weighted by molar-refractivity contribution is 5.85. The third kappa shape index (κ3) is 4.75. The summed E-state index contributed by atoms with van der Waals surface area (Å²) in [7, 11) is 0. The van der Waals surface area contributed by atoms with Gasteiger partial charge in [0, 0.05) is 5.92 Å². The molecule has 17 heavy (non-hydrogen) atoms. The molecule has 0 rings (SSSR count). The lowest BCUT2D eigenvalue weighted by Crippen LogP contribution is -2.47. The zero-order valence-corrected chi connectivity index (χ0v) is 11.5. The molecule has 0 aromatic heterocycles.